The Morgan fingerprint density at radius 3 is 2.60 bits per heavy atom. The number of carbonyl (C=O) groups is 1. The van der Waals surface area contributed by atoms with Crippen LogP contribution in [-0.4, -0.2) is 36.4 Å². The van der Waals surface area contributed by atoms with Crippen LogP contribution in [0, 0.1) is 19.8 Å². The predicted octanol–water partition coefficient (Wildman–Crippen LogP) is 2.24. The number of carboxylic acid groups (broad SMARTS) is 1. The average Bonchev–Trinajstić information content (AvgIpc) is 2.68. The minimum Gasteiger partial charge on any atom is -0.480 e. The number of nitrogens with zero attached hydrogens (tertiary/aromatic N) is 1. The number of aryl methyl sites for hydroxylation is 2. The summed E-state index contributed by atoms with van der Waals surface area (Å²) < 4.78 is 26.7. The van der Waals surface area contributed by atoms with Crippen molar-refractivity contribution < 1.29 is 18.3 Å². The van der Waals surface area contributed by atoms with Crippen LogP contribution in [-0.2, 0) is 14.8 Å². The molecule has 112 valence electrons. The molecule has 5 nitrogen and oxygen atoms in total. The van der Waals surface area contributed by atoms with Crippen LogP contribution >= 0.6 is 11.3 Å². The van der Waals surface area contributed by atoms with Crippen molar-refractivity contribution in [2.24, 2.45) is 5.92 Å². The van der Waals surface area contributed by atoms with Crippen LogP contribution in [0.2, 0.25) is 0 Å². The lowest BCUT2D eigenvalue weighted by molar-refractivity contribution is -0.144. The summed E-state index contributed by atoms with van der Waals surface area (Å²) in [5, 5.41) is 9.36. The Labute approximate surface area is 123 Å². The lowest BCUT2D eigenvalue weighted by Crippen LogP contribution is -2.51. The van der Waals surface area contributed by atoms with Crippen LogP contribution in [0.3, 0.4) is 0 Å². The topological polar surface area (TPSA) is 74.7 Å². The van der Waals surface area contributed by atoms with Gasteiger partial charge in [-0.2, -0.15) is 4.31 Å². The Morgan fingerprint density at radius 2 is 2.10 bits per heavy atom. The summed E-state index contributed by atoms with van der Waals surface area (Å²) in [6.07, 6.45) is 1.44. The van der Waals surface area contributed by atoms with Crippen LogP contribution in [0.15, 0.2) is 11.0 Å². The third-order valence-corrected chi connectivity index (χ3v) is 6.82. The van der Waals surface area contributed by atoms with Gasteiger partial charge in [-0.25, -0.2) is 8.42 Å². The minimum atomic E-state index is -3.74. The van der Waals surface area contributed by atoms with E-state index in [2.05, 4.69) is 0 Å². The molecule has 0 saturated carbocycles. The number of carboxylic acids is 1. The number of thiophene rings is 1. The number of aliphatic carboxylic acids is 1. The number of hydrogen-bond acceptors (Lipinski definition) is 4. The predicted molar refractivity (Wildman–Crippen MR) is 77.5 cm³/mol. The average molecular weight is 317 g/mol. The largest absolute Gasteiger partial charge is 0.480 e. The van der Waals surface area contributed by atoms with Gasteiger partial charge in [0.1, 0.15) is 6.04 Å². The smallest absolute Gasteiger partial charge is 0.322 e. The van der Waals surface area contributed by atoms with E-state index in [1.165, 1.54) is 11.3 Å². The quantitative estimate of drug-likeness (QED) is 0.927. The molecule has 0 amide bonds. The van der Waals surface area contributed by atoms with E-state index in [9.17, 15) is 18.3 Å². The SMILES string of the molecule is Cc1cc(S(=O)(=O)N2CCCC(C)C2C(=O)O)c(C)s1. The zero-order valence-corrected chi connectivity index (χ0v) is 13.4. The van der Waals surface area contributed by atoms with E-state index in [1.807, 2.05) is 6.92 Å². The molecule has 1 saturated heterocycles. The molecule has 0 aromatic carbocycles. The number of hydrogen-bond donors (Lipinski definition) is 1. The summed E-state index contributed by atoms with van der Waals surface area (Å²) >= 11 is 1.42. The van der Waals surface area contributed by atoms with Gasteiger partial charge in [-0.3, -0.25) is 4.79 Å². The van der Waals surface area contributed by atoms with Gasteiger partial charge in [0, 0.05) is 16.3 Å². The maximum atomic E-state index is 12.8. The molecule has 2 heterocycles. The van der Waals surface area contributed by atoms with E-state index in [4.69, 9.17) is 0 Å². The molecule has 0 bridgehead atoms. The maximum Gasteiger partial charge on any atom is 0.322 e. The molecule has 2 atom stereocenters. The first kappa shape index (κ1) is 15.5. The van der Waals surface area contributed by atoms with Crippen molar-refractivity contribution >= 4 is 27.3 Å². The maximum absolute atomic E-state index is 12.8. The van der Waals surface area contributed by atoms with Gasteiger partial charge in [-0.05, 0) is 38.7 Å². The van der Waals surface area contributed by atoms with E-state index in [-0.39, 0.29) is 17.4 Å². The molecule has 1 aromatic heterocycles. The first-order valence-electron chi connectivity index (χ1n) is 6.57. The Morgan fingerprint density at radius 1 is 1.45 bits per heavy atom. The van der Waals surface area contributed by atoms with Crippen LogP contribution in [0.1, 0.15) is 29.5 Å². The normalized spacial score (nSPS) is 24.8. The third-order valence-electron chi connectivity index (χ3n) is 3.72. The van der Waals surface area contributed by atoms with Crippen LogP contribution in [0.25, 0.3) is 0 Å². The zero-order chi connectivity index (χ0) is 15.1. The molecule has 0 spiro atoms. The fourth-order valence-electron chi connectivity index (χ4n) is 2.78. The van der Waals surface area contributed by atoms with Gasteiger partial charge in [0.15, 0.2) is 0 Å². The summed E-state index contributed by atoms with van der Waals surface area (Å²) in [7, 11) is -3.74. The molecule has 0 aliphatic carbocycles. The summed E-state index contributed by atoms with van der Waals surface area (Å²) in [5.41, 5.74) is 0. The van der Waals surface area contributed by atoms with Crippen LogP contribution in [0.4, 0.5) is 0 Å². The summed E-state index contributed by atoms with van der Waals surface area (Å²) in [4.78, 5) is 13.3. The molecule has 2 rings (SSSR count). The summed E-state index contributed by atoms with van der Waals surface area (Å²) in [6, 6.07) is 0.668. The highest BCUT2D eigenvalue weighted by atomic mass is 32.2. The first-order chi connectivity index (χ1) is 9.25. The van der Waals surface area contributed by atoms with Crippen molar-refractivity contribution in [1.29, 1.82) is 0 Å². The van der Waals surface area contributed by atoms with Gasteiger partial charge in [0.25, 0.3) is 0 Å². The zero-order valence-electron chi connectivity index (χ0n) is 11.8. The van der Waals surface area contributed by atoms with Gasteiger partial charge in [0.2, 0.25) is 10.0 Å². The van der Waals surface area contributed by atoms with E-state index in [0.29, 0.717) is 11.3 Å². The second-order valence-corrected chi connectivity index (χ2v) is 8.62. The van der Waals surface area contributed by atoms with Crippen molar-refractivity contribution in [2.45, 2.75) is 44.6 Å². The van der Waals surface area contributed by atoms with Crippen molar-refractivity contribution in [1.82, 2.24) is 4.31 Å². The standard InChI is InChI=1S/C13H19NO4S2/c1-8-5-4-6-14(12(8)13(15)16)20(17,18)11-7-9(2)19-10(11)3/h7-8,12H,4-6H2,1-3H3,(H,15,16). The van der Waals surface area contributed by atoms with Gasteiger partial charge < -0.3 is 5.11 Å². The first-order valence-corrected chi connectivity index (χ1v) is 8.82. The second kappa shape index (κ2) is 5.46. The highest BCUT2D eigenvalue weighted by Gasteiger charge is 2.42. The molecule has 7 heteroatoms. The van der Waals surface area contributed by atoms with Gasteiger partial charge in [0.05, 0.1) is 4.90 Å². The number of rotatable bonds is 3. The molecule has 1 aliphatic rings. The van der Waals surface area contributed by atoms with E-state index < -0.39 is 22.0 Å². The Balaban J connectivity index is 2.46. The fraction of sp³-hybridized carbons (Fsp3) is 0.615. The molecular formula is C13H19NO4S2. The minimum absolute atomic E-state index is 0.170. The van der Waals surface area contributed by atoms with Gasteiger partial charge >= 0.3 is 5.97 Å². The highest BCUT2D eigenvalue weighted by Crippen LogP contribution is 2.33. The second-order valence-electron chi connectivity index (χ2n) is 5.30. The molecule has 0 radical (unpaired) electrons. The molecule has 1 aliphatic heterocycles. The molecule has 1 fully saturated rings. The third kappa shape index (κ3) is 2.62. The van der Waals surface area contributed by atoms with E-state index in [1.54, 1.807) is 19.9 Å². The van der Waals surface area contributed by atoms with E-state index >= 15 is 0 Å². The lowest BCUT2D eigenvalue weighted by atomic mass is 9.93. The Hall–Kier alpha value is -0.920. The number of piperidine rings is 1. The lowest BCUT2D eigenvalue weighted by Gasteiger charge is -2.36. The Kier molecular flexibility index (Phi) is 4.22. The molecule has 1 N–H and O–H groups in total. The molecule has 20 heavy (non-hydrogen) atoms. The highest BCUT2D eigenvalue weighted by molar-refractivity contribution is 7.89. The van der Waals surface area contributed by atoms with Crippen molar-refractivity contribution in [2.75, 3.05) is 6.54 Å². The van der Waals surface area contributed by atoms with E-state index in [0.717, 1.165) is 15.6 Å². The van der Waals surface area contributed by atoms with Gasteiger partial charge in [-0.1, -0.05) is 6.92 Å². The van der Waals surface area contributed by atoms with Crippen LogP contribution in [0.5, 0.6) is 0 Å². The number of sulfonamides is 1. The summed E-state index contributed by atoms with van der Waals surface area (Å²) in [5.74, 6) is -1.23. The molecule has 1 aromatic rings. The van der Waals surface area contributed by atoms with Crippen molar-refractivity contribution in [3.63, 3.8) is 0 Å². The monoisotopic (exact) mass is 317 g/mol. The summed E-state index contributed by atoms with van der Waals surface area (Å²) in [6.45, 7) is 5.68. The molecule has 2 unspecified atom stereocenters. The van der Waals surface area contributed by atoms with Crippen LogP contribution < -0.4 is 0 Å². The molecular weight excluding hydrogens is 298 g/mol. The van der Waals surface area contributed by atoms with Gasteiger partial charge in [-0.15, -0.1) is 11.3 Å². The Bertz CT molecular complexity index is 620. The fourth-order valence-corrected chi connectivity index (χ4v) is 6.02. The van der Waals surface area contributed by atoms with Crippen molar-refractivity contribution in [3.8, 4) is 0 Å². The van der Waals surface area contributed by atoms with Crippen molar-refractivity contribution in [3.05, 3.63) is 15.8 Å².